The van der Waals surface area contributed by atoms with E-state index in [1.807, 2.05) is 0 Å². The number of aliphatic hydroxyl groups is 1. The first-order chi connectivity index (χ1) is 17.2. The van der Waals surface area contributed by atoms with Crippen molar-refractivity contribution in [3.8, 4) is 0 Å². The zero-order valence-corrected chi connectivity index (χ0v) is 22.6. The molecular formula is C25H36N4O5S2. The summed E-state index contributed by atoms with van der Waals surface area (Å²) in [4.78, 5) is 17.0. The summed E-state index contributed by atoms with van der Waals surface area (Å²) in [7, 11) is -3.54. The molecule has 198 valence electrons. The predicted octanol–water partition coefficient (Wildman–Crippen LogP) is 4.09. The molecule has 11 heteroatoms. The van der Waals surface area contributed by atoms with Crippen molar-refractivity contribution in [2.45, 2.75) is 75.0 Å². The third-order valence-electron chi connectivity index (χ3n) is 6.55. The first-order valence-corrected chi connectivity index (χ1v) is 15.0. The third-order valence-corrected chi connectivity index (χ3v) is 9.68. The summed E-state index contributed by atoms with van der Waals surface area (Å²) in [5, 5.41) is 20.0. The van der Waals surface area contributed by atoms with Gasteiger partial charge in [-0.3, -0.25) is 0 Å². The molecule has 1 aromatic carbocycles. The molecule has 2 aromatic rings. The highest BCUT2D eigenvalue weighted by Crippen LogP contribution is 2.38. The molecule has 9 nitrogen and oxygen atoms in total. The number of unbranched alkanes of at least 4 members (excludes halogenated alkanes) is 1. The molecule has 0 saturated heterocycles. The van der Waals surface area contributed by atoms with Crippen LogP contribution >= 0.6 is 11.3 Å². The van der Waals surface area contributed by atoms with Crippen LogP contribution in [0.25, 0.3) is 0 Å². The lowest BCUT2D eigenvalue weighted by atomic mass is 9.99. The van der Waals surface area contributed by atoms with Crippen LogP contribution in [-0.2, 0) is 50.7 Å². The number of hydrogen-bond acceptors (Lipinski definition) is 7. The van der Waals surface area contributed by atoms with Crippen LogP contribution in [0.2, 0.25) is 0 Å². The van der Waals surface area contributed by atoms with Crippen molar-refractivity contribution in [3.63, 3.8) is 0 Å². The molecule has 2 atom stereocenters. The molecule has 0 spiro atoms. The zero-order chi connectivity index (χ0) is 25.8. The Morgan fingerprint density at radius 3 is 2.53 bits per heavy atom. The molecule has 2 aliphatic rings. The number of urea groups is 1. The average Bonchev–Trinajstić information content (AvgIpc) is 3.58. The first-order valence-electron chi connectivity index (χ1n) is 12.6. The number of rotatable bonds is 11. The molecule has 2 amide bonds. The molecular weight excluding hydrogens is 500 g/mol. The quantitative estimate of drug-likeness (QED) is 0.370. The van der Waals surface area contributed by atoms with E-state index in [0.29, 0.717) is 19.8 Å². The standard InChI is InChI=1S/C25H36N4O5S2/c1-3-4-11-33-12-13-34-16-25(2,31)23-27-15-21(35-23)36(26,32)29-24(30)28-22-19-9-5-7-17(19)14-18-8-6-10-20(18)22/h14-15,31H,3-13,16H2,1-2H3,(H3,26,28,29,30,32)/t25-,36?/m1/s1. The molecule has 1 aromatic heterocycles. The summed E-state index contributed by atoms with van der Waals surface area (Å²) in [6, 6.07) is 1.54. The predicted molar refractivity (Wildman–Crippen MR) is 141 cm³/mol. The van der Waals surface area contributed by atoms with Gasteiger partial charge in [0.25, 0.3) is 0 Å². The van der Waals surface area contributed by atoms with Crippen LogP contribution in [0.1, 0.15) is 66.8 Å². The lowest BCUT2D eigenvalue weighted by Gasteiger charge is -2.20. The number of carbonyl (C=O) groups excluding carboxylic acids is 1. The summed E-state index contributed by atoms with van der Waals surface area (Å²) in [6.07, 6.45) is 9.33. The van der Waals surface area contributed by atoms with E-state index in [1.54, 1.807) is 6.92 Å². The minimum absolute atomic E-state index is 0.00922. The normalized spacial score (nSPS) is 17.8. The Kier molecular flexibility index (Phi) is 8.79. The van der Waals surface area contributed by atoms with Gasteiger partial charge in [0, 0.05) is 12.3 Å². The molecule has 0 radical (unpaired) electrons. The van der Waals surface area contributed by atoms with E-state index in [0.717, 1.165) is 79.5 Å². The van der Waals surface area contributed by atoms with Crippen molar-refractivity contribution < 1.29 is 23.6 Å². The number of thiazole rings is 1. The molecule has 4 N–H and O–H groups in total. The van der Waals surface area contributed by atoms with Gasteiger partial charge in [-0.15, -0.1) is 15.7 Å². The molecule has 4 rings (SSSR count). The maximum atomic E-state index is 13.2. The van der Waals surface area contributed by atoms with Gasteiger partial charge in [-0.05, 0) is 74.1 Å². The summed E-state index contributed by atoms with van der Waals surface area (Å²) >= 11 is 0.964. The highest BCUT2D eigenvalue weighted by molar-refractivity contribution is 7.93. The van der Waals surface area contributed by atoms with Gasteiger partial charge in [-0.1, -0.05) is 19.4 Å². The Balaban J connectivity index is 1.42. The van der Waals surface area contributed by atoms with Crippen LogP contribution in [0.15, 0.2) is 20.8 Å². The van der Waals surface area contributed by atoms with Gasteiger partial charge in [0.1, 0.15) is 14.8 Å². The number of nitrogens with zero attached hydrogens (tertiary/aromatic N) is 2. The number of aromatic nitrogens is 1. The maximum absolute atomic E-state index is 13.2. The summed E-state index contributed by atoms with van der Waals surface area (Å²) in [5.41, 5.74) is 4.30. The van der Waals surface area contributed by atoms with Crippen molar-refractivity contribution in [1.82, 2.24) is 4.98 Å². The average molecular weight is 537 g/mol. The van der Waals surface area contributed by atoms with Gasteiger partial charge in [0.2, 0.25) is 0 Å². The minimum atomic E-state index is -3.54. The van der Waals surface area contributed by atoms with Crippen LogP contribution < -0.4 is 10.5 Å². The van der Waals surface area contributed by atoms with Crippen LogP contribution in [0, 0.1) is 0 Å². The molecule has 36 heavy (non-hydrogen) atoms. The van der Waals surface area contributed by atoms with E-state index in [2.05, 4.69) is 27.7 Å². The Morgan fingerprint density at radius 2 is 1.86 bits per heavy atom. The number of benzene rings is 1. The smallest absolute Gasteiger partial charge is 0.354 e. The minimum Gasteiger partial charge on any atom is -0.381 e. The number of fused-ring (bicyclic) bond motifs is 2. The van der Waals surface area contributed by atoms with Crippen LogP contribution in [0.3, 0.4) is 0 Å². The van der Waals surface area contributed by atoms with E-state index >= 15 is 0 Å². The third kappa shape index (κ3) is 6.32. The lowest BCUT2D eigenvalue weighted by molar-refractivity contribution is -0.0515. The topological polar surface area (TPSA) is 136 Å². The number of nitrogens with one attached hydrogen (secondary N) is 1. The SMILES string of the molecule is CCCCOCCOC[C@@](C)(O)c1ncc(S(N)(=O)=NC(=O)Nc2c3c(cc4c2CCC4)CCC3)s1. The molecule has 0 aliphatic heterocycles. The molecule has 0 bridgehead atoms. The van der Waals surface area contributed by atoms with Crippen LogP contribution in [-0.4, -0.2) is 46.8 Å². The monoisotopic (exact) mass is 536 g/mol. The van der Waals surface area contributed by atoms with Crippen LogP contribution in [0.5, 0.6) is 0 Å². The zero-order valence-electron chi connectivity index (χ0n) is 21.0. The Morgan fingerprint density at radius 1 is 1.19 bits per heavy atom. The van der Waals surface area contributed by atoms with Crippen molar-refractivity contribution in [2.24, 2.45) is 9.50 Å². The van der Waals surface area contributed by atoms with E-state index < -0.39 is 21.5 Å². The highest BCUT2D eigenvalue weighted by Gasteiger charge is 2.29. The van der Waals surface area contributed by atoms with Gasteiger partial charge in [-0.2, -0.15) is 0 Å². The van der Waals surface area contributed by atoms with Gasteiger partial charge in [0.05, 0.1) is 26.0 Å². The number of carbonyl (C=O) groups is 1. The van der Waals surface area contributed by atoms with Gasteiger partial charge >= 0.3 is 6.03 Å². The molecule has 0 fully saturated rings. The lowest BCUT2D eigenvalue weighted by Crippen LogP contribution is -2.28. The van der Waals surface area contributed by atoms with E-state index in [-0.39, 0.29) is 15.8 Å². The number of hydrogen-bond donors (Lipinski definition) is 3. The highest BCUT2D eigenvalue weighted by atomic mass is 32.2. The Hall–Kier alpha value is -1.89. The van der Waals surface area contributed by atoms with Crippen LogP contribution in [0.4, 0.5) is 10.5 Å². The summed E-state index contributed by atoms with van der Waals surface area (Å²) in [6.45, 7) is 5.12. The molecule has 0 saturated carbocycles. The fourth-order valence-corrected chi connectivity index (χ4v) is 6.80. The first kappa shape index (κ1) is 27.2. The number of aryl methyl sites for hydroxylation is 2. The van der Waals surface area contributed by atoms with Crippen molar-refractivity contribution >= 4 is 33.0 Å². The fourth-order valence-electron chi connectivity index (χ4n) is 4.71. The second-order valence-electron chi connectivity index (χ2n) is 9.60. The number of amides is 2. The van der Waals surface area contributed by atoms with Gasteiger partial charge in [0.15, 0.2) is 9.92 Å². The number of anilines is 1. The van der Waals surface area contributed by atoms with Crippen molar-refractivity contribution in [2.75, 3.05) is 31.7 Å². The van der Waals surface area contributed by atoms with E-state index in [4.69, 9.17) is 14.6 Å². The van der Waals surface area contributed by atoms with E-state index in [9.17, 15) is 14.1 Å². The fraction of sp³-hybridized carbons (Fsp3) is 0.600. The van der Waals surface area contributed by atoms with Gasteiger partial charge < -0.3 is 19.9 Å². The summed E-state index contributed by atoms with van der Waals surface area (Å²) < 4.78 is 28.1. The molecule has 1 heterocycles. The second-order valence-corrected chi connectivity index (χ2v) is 12.6. The number of nitrogens with two attached hydrogens (primary N) is 1. The Labute approximate surface area is 217 Å². The number of ether oxygens (including phenoxy) is 2. The maximum Gasteiger partial charge on any atom is 0.354 e. The van der Waals surface area contributed by atoms with E-state index in [1.165, 1.54) is 17.3 Å². The molecule has 2 aliphatic carbocycles. The Bertz CT molecular complexity index is 1190. The summed E-state index contributed by atoms with van der Waals surface area (Å²) in [5.74, 6) is 0. The largest absolute Gasteiger partial charge is 0.381 e. The second kappa shape index (κ2) is 11.7. The molecule has 1 unspecified atom stereocenters. The van der Waals surface area contributed by atoms with Crippen molar-refractivity contribution in [1.29, 1.82) is 0 Å². The van der Waals surface area contributed by atoms with Crippen molar-refractivity contribution in [3.05, 3.63) is 39.5 Å². The van der Waals surface area contributed by atoms with Gasteiger partial charge in [-0.25, -0.2) is 19.1 Å².